The zero-order chi connectivity index (χ0) is 14.8. The van der Waals surface area contributed by atoms with E-state index >= 15 is 0 Å². The van der Waals surface area contributed by atoms with Crippen LogP contribution in [0.25, 0.3) is 0 Å². The summed E-state index contributed by atoms with van der Waals surface area (Å²) < 4.78 is 66.9. The van der Waals surface area contributed by atoms with Gasteiger partial charge in [0.15, 0.2) is 0 Å². The molecule has 19 heavy (non-hydrogen) atoms. The van der Waals surface area contributed by atoms with Crippen molar-refractivity contribution in [3.63, 3.8) is 0 Å². The number of hydrogen-bond donors (Lipinski definition) is 0. The number of rotatable bonds is 3. The largest absolute Gasteiger partial charge is 0.469 e. The monoisotopic (exact) mass is 347 g/mol. The van der Waals surface area contributed by atoms with Gasteiger partial charge in [0.05, 0.1) is 30.4 Å². The Hall–Kier alpha value is -1.25. The van der Waals surface area contributed by atoms with Crippen molar-refractivity contribution in [3.8, 4) is 0 Å². The Morgan fingerprint density at radius 1 is 1.47 bits per heavy atom. The number of aromatic nitrogens is 1. The number of nitrogens with zero attached hydrogens (tertiary/aromatic N) is 1. The van der Waals surface area contributed by atoms with Crippen molar-refractivity contribution in [2.24, 2.45) is 0 Å². The highest BCUT2D eigenvalue weighted by molar-refractivity contribution is 9.10. The fourth-order valence-electron chi connectivity index (χ4n) is 1.33. The van der Waals surface area contributed by atoms with E-state index < -0.39 is 40.7 Å². The Bertz CT molecular complexity index is 490. The second kappa shape index (κ2) is 5.81. The van der Waals surface area contributed by atoms with Gasteiger partial charge in [-0.1, -0.05) is 0 Å². The topological polar surface area (TPSA) is 39.2 Å². The molecule has 0 N–H and O–H groups in total. The van der Waals surface area contributed by atoms with E-state index in [4.69, 9.17) is 0 Å². The molecule has 0 fully saturated rings. The Morgan fingerprint density at radius 2 is 2.05 bits per heavy atom. The lowest BCUT2D eigenvalue weighted by Gasteiger charge is -2.15. The molecule has 0 aliphatic carbocycles. The standard InChI is InChI=1S/C10H7BrF5NO2/c1-19-6(18)3-4-2-5(10(14,15)16)7(9(12)13)8(11)17-4/h2,9H,3H2,1H3. The number of pyridine rings is 1. The highest BCUT2D eigenvalue weighted by atomic mass is 79.9. The SMILES string of the molecule is COC(=O)Cc1cc(C(F)(F)F)c(C(F)F)c(Br)n1. The summed E-state index contributed by atoms with van der Waals surface area (Å²) in [5.41, 5.74) is -3.08. The van der Waals surface area contributed by atoms with Crippen LogP contribution in [0.3, 0.4) is 0 Å². The Labute approximate surface area is 112 Å². The number of hydrogen-bond acceptors (Lipinski definition) is 3. The fourth-order valence-corrected chi connectivity index (χ4v) is 1.94. The summed E-state index contributed by atoms with van der Waals surface area (Å²) in [7, 11) is 1.05. The van der Waals surface area contributed by atoms with Gasteiger partial charge in [-0.15, -0.1) is 0 Å². The minimum Gasteiger partial charge on any atom is -0.469 e. The van der Waals surface area contributed by atoms with Gasteiger partial charge in [-0.2, -0.15) is 13.2 Å². The van der Waals surface area contributed by atoms with E-state index in [1.54, 1.807) is 0 Å². The van der Waals surface area contributed by atoms with Gasteiger partial charge in [0.1, 0.15) is 4.60 Å². The number of carbonyl (C=O) groups is 1. The average molecular weight is 348 g/mol. The zero-order valence-electron chi connectivity index (χ0n) is 9.39. The molecule has 0 amide bonds. The number of carbonyl (C=O) groups excluding carboxylic acids is 1. The van der Waals surface area contributed by atoms with Crippen molar-refractivity contribution in [2.75, 3.05) is 7.11 Å². The molecule has 0 saturated carbocycles. The van der Waals surface area contributed by atoms with Crippen molar-refractivity contribution in [1.29, 1.82) is 0 Å². The quantitative estimate of drug-likeness (QED) is 0.477. The number of methoxy groups -OCH3 is 1. The number of ether oxygens (including phenoxy) is 1. The fraction of sp³-hybridized carbons (Fsp3) is 0.400. The van der Waals surface area contributed by atoms with Gasteiger partial charge in [0.25, 0.3) is 6.43 Å². The predicted octanol–water partition coefficient (Wildman–Crippen LogP) is 3.52. The maximum atomic E-state index is 12.7. The summed E-state index contributed by atoms with van der Waals surface area (Å²) in [5, 5.41) is 0. The van der Waals surface area contributed by atoms with E-state index in [0.29, 0.717) is 6.07 Å². The van der Waals surface area contributed by atoms with Crippen LogP contribution in [-0.4, -0.2) is 18.1 Å². The van der Waals surface area contributed by atoms with Gasteiger partial charge >= 0.3 is 12.1 Å². The Kier molecular flexibility index (Phi) is 4.83. The molecule has 0 aliphatic heterocycles. The molecule has 0 atom stereocenters. The van der Waals surface area contributed by atoms with Crippen LogP contribution in [-0.2, 0) is 22.1 Å². The first-order valence-corrected chi connectivity index (χ1v) is 5.57. The van der Waals surface area contributed by atoms with Crippen LogP contribution < -0.4 is 0 Å². The molecule has 0 aliphatic rings. The van der Waals surface area contributed by atoms with E-state index in [9.17, 15) is 26.7 Å². The molecule has 0 radical (unpaired) electrons. The average Bonchev–Trinajstić information content (AvgIpc) is 2.26. The summed E-state index contributed by atoms with van der Waals surface area (Å²) in [5.74, 6) is -0.822. The highest BCUT2D eigenvalue weighted by Gasteiger charge is 2.38. The third kappa shape index (κ3) is 3.85. The van der Waals surface area contributed by atoms with Gasteiger partial charge in [0.2, 0.25) is 0 Å². The molecule has 1 aromatic heterocycles. The van der Waals surface area contributed by atoms with Crippen LogP contribution in [0.1, 0.15) is 23.2 Å². The molecule has 1 aromatic rings. The summed E-state index contributed by atoms with van der Waals surface area (Å²) >= 11 is 2.56. The Balaban J connectivity index is 3.35. The maximum absolute atomic E-state index is 12.7. The molecule has 0 aromatic carbocycles. The summed E-state index contributed by atoms with van der Waals surface area (Å²) in [4.78, 5) is 14.5. The Morgan fingerprint density at radius 3 is 2.47 bits per heavy atom. The van der Waals surface area contributed by atoms with Crippen molar-refractivity contribution in [2.45, 2.75) is 19.0 Å². The molecule has 3 nitrogen and oxygen atoms in total. The van der Waals surface area contributed by atoms with Gasteiger partial charge < -0.3 is 4.74 Å². The molecule has 0 saturated heterocycles. The summed E-state index contributed by atoms with van der Waals surface area (Å²) in [6.45, 7) is 0. The van der Waals surface area contributed by atoms with Crippen molar-refractivity contribution in [3.05, 3.63) is 27.5 Å². The van der Waals surface area contributed by atoms with E-state index in [2.05, 4.69) is 25.7 Å². The minimum atomic E-state index is -4.97. The second-order valence-corrected chi connectivity index (χ2v) is 4.17. The van der Waals surface area contributed by atoms with E-state index in [1.807, 2.05) is 0 Å². The van der Waals surface area contributed by atoms with Crippen LogP contribution in [0.15, 0.2) is 10.7 Å². The third-order valence-corrected chi connectivity index (χ3v) is 2.75. The molecule has 106 valence electrons. The van der Waals surface area contributed by atoms with Crippen molar-refractivity contribution >= 4 is 21.9 Å². The first kappa shape index (κ1) is 15.8. The molecule has 0 spiro atoms. The van der Waals surface area contributed by atoms with Crippen LogP contribution >= 0.6 is 15.9 Å². The first-order chi connectivity index (χ1) is 8.66. The molecule has 0 bridgehead atoms. The second-order valence-electron chi connectivity index (χ2n) is 3.42. The van der Waals surface area contributed by atoms with Gasteiger partial charge in [-0.05, 0) is 22.0 Å². The van der Waals surface area contributed by atoms with Crippen LogP contribution in [0.4, 0.5) is 22.0 Å². The lowest BCUT2D eigenvalue weighted by molar-refractivity contribution is -0.141. The maximum Gasteiger partial charge on any atom is 0.417 e. The molecule has 0 unspecified atom stereocenters. The van der Waals surface area contributed by atoms with Crippen molar-refractivity contribution < 1.29 is 31.5 Å². The predicted molar refractivity (Wildman–Crippen MR) is 57.6 cm³/mol. The van der Waals surface area contributed by atoms with Crippen LogP contribution in [0.2, 0.25) is 0 Å². The highest BCUT2D eigenvalue weighted by Crippen LogP contribution is 2.39. The molecular formula is C10H7BrF5NO2. The summed E-state index contributed by atoms with van der Waals surface area (Å²) in [6, 6.07) is 0.420. The smallest absolute Gasteiger partial charge is 0.417 e. The van der Waals surface area contributed by atoms with E-state index in [0.717, 1.165) is 7.11 Å². The molecular weight excluding hydrogens is 341 g/mol. The normalized spacial score (nSPS) is 11.8. The van der Waals surface area contributed by atoms with Crippen molar-refractivity contribution in [1.82, 2.24) is 4.98 Å². The van der Waals surface area contributed by atoms with E-state index in [1.165, 1.54) is 0 Å². The van der Waals surface area contributed by atoms with Gasteiger partial charge in [-0.3, -0.25) is 4.79 Å². The third-order valence-electron chi connectivity index (χ3n) is 2.14. The molecule has 1 rings (SSSR count). The van der Waals surface area contributed by atoms with E-state index in [-0.39, 0.29) is 5.69 Å². The number of esters is 1. The first-order valence-electron chi connectivity index (χ1n) is 4.78. The number of halogens is 6. The zero-order valence-corrected chi connectivity index (χ0v) is 11.0. The summed E-state index contributed by atoms with van der Waals surface area (Å²) in [6.07, 6.45) is -8.85. The van der Waals surface area contributed by atoms with Crippen LogP contribution in [0.5, 0.6) is 0 Å². The van der Waals surface area contributed by atoms with Gasteiger partial charge in [0, 0.05) is 0 Å². The molecule has 1 heterocycles. The van der Waals surface area contributed by atoms with Crippen LogP contribution in [0, 0.1) is 0 Å². The minimum absolute atomic E-state index is 0.310. The lowest BCUT2D eigenvalue weighted by Crippen LogP contribution is -2.14. The number of alkyl halides is 5. The molecule has 9 heteroatoms. The lowest BCUT2D eigenvalue weighted by atomic mass is 10.1. The van der Waals surface area contributed by atoms with Gasteiger partial charge in [-0.25, -0.2) is 13.8 Å².